The third kappa shape index (κ3) is 4.12. The Hall–Kier alpha value is -1.25. The molecule has 3 heteroatoms. The molecule has 0 saturated carbocycles. The van der Waals surface area contributed by atoms with Crippen LogP contribution in [0.3, 0.4) is 0 Å². The molecular weight excluding hydrogens is 175 g/mol. The molecule has 1 aromatic rings. The van der Waals surface area contributed by atoms with Gasteiger partial charge < -0.3 is 4.74 Å². The largest absolute Gasteiger partial charge is 0.468 e. The van der Waals surface area contributed by atoms with E-state index < -0.39 is 5.60 Å². The molecule has 0 aromatic heterocycles. The summed E-state index contributed by atoms with van der Waals surface area (Å²) >= 11 is 0. The van der Waals surface area contributed by atoms with Gasteiger partial charge in [-0.2, -0.15) is 0 Å². The zero-order chi connectivity index (χ0) is 10.6. The lowest BCUT2D eigenvalue weighted by molar-refractivity contribution is 0.0720. The lowest BCUT2D eigenvalue weighted by Gasteiger charge is -2.19. The minimum absolute atomic E-state index is 0.302. The highest BCUT2D eigenvalue weighted by molar-refractivity contribution is 6.82. The highest BCUT2D eigenvalue weighted by Crippen LogP contribution is 2.06. The monoisotopic (exact) mass is 189 g/mol. The number of carbonyl (C=O) groups is 1. The molecule has 0 saturated heterocycles. The molecular formula is C11H14BO2. The van der Waals surface area contributed by atoms with Crippen LogP contribution in [0.5, 0.6) is 0 Å². The van der Waals surface area contributed by atoms with Crippen molar-refractivity contribution in [3.8, 4) is 0 Å². The Labute approximate surface area is 85.5 Å². The number of hydrogen-bond donors (Lipinski definition) is 0. The van der Waals surface area contributed by atoms with E-state index in [1.54, 1.807) is 0 Å². The molecule has 1 aromatic carbocycles. The van der Waals surface area contributed by atoms with Gasteiger partial charge in [-0.3, -0.25) is 4.79 Å². The summed E-state index contributed by atoms with van der Waals surface area (Å²) in [5.41, 5.74) is 0.435. The Balaban J connectivity index is 2.50. The minimum atomic E-state index is -0.428. The number of ether oxygens (including phenoxy) is 1. The summed E-state index contributed by atoms with van der Waals surface area (Å²) in [6.45, 7) is 5.55. The third-order valence-corrected chi connectivity index (χ3v) is 1.49. The van der Waals surface area contributed by atoms with Crippen LogP contribution in [0, 0.1) is 0 Å². The summed E-state index contributed by atoms with van der Waals surface area (Å²) in [5, 5.41) is 0. The summed E-state index contributed by atoms with van der Waals surface area (Å²) in [4.78, 5) is 11.4. The van der Waals surface area contributed by atoms with E-state index in [1.165, 1.54) is 7.28 Å². The second kappa shape index (κ2) is 4.31. The molecule has 0 N–H and O–H groups in total. The molecule has 0 heterocycles. The quantitative estimate of drug-likeness (QED) is 0.664. The fraction of sp³-hybridized carbons (Fsp3) is 0.364. The van der Waals surface area contributed by atoms with E-state index in [4.69, 9.17) is 4.74 Å². The van der Waals surface area contributed by atoms with Gasteiger partial charge in [-0.05, 0) is 20.8 Å². The predicted octanol–water partition coefficient (Wildman–Crippen LogP) is 1.95. The van der Waals surface area contributed by atoms with Crippen molar-refractivity contribution >= 4 is 18.6 Å². The Kier molecular flexibility index (Phi) is 3.34. The van der Waals surface area contributed by atoms with Crippen molar-refractivity contribution in [2.24, 2.45) is 0 Å². The number of benzene rings is 1. The lowest BCUT2D eigenvalue weighted by Crippen LogP contribution is -2.31. The fourth-order valence-electron chi connectivity index (χ4n) is 1.02. The van der Waals surface area contributed by atoms with Crippen molar-refractivity contribution in [3.63, 3.8) is 0 Å². The van der Waals surface area contributed by atoms with E-state index >= 15 is 0 Å². The molecule has 0 bridgehead atoms. The molecule has 0 unspecified atom stereocenters. The Bertz CT molecular complexity index is 301. The Morgan fingerprint density at radius 2 is 1.79 bits per heavy atom. The summed E-state index contributed by atoms with van der Waals surface area (Å²) in [6, 6.07) is 9.41. The van der Waals surface area contributed by atoms with Gasteiger partial charge >= 0.3 is 0 Å². The van der Waals surface area contributed by atoms with Gasteiger partial charge in [0.1, 0.15) is 5.60 Å². The smallest absolute Gasteiger partial charge is 0.299 e. The van der Waals surface area contributed by atoms with Crippen LogP contribution in [0.4, 0.5) is 4.79 Å². The SMILES string of the molecule is CC(C)(C)OC(=O)[B]c1ccccc1. The number of rotatable bonds is 2. The lowest BCUT2D eigenvalue weighted by atomic mass is 9.70. The number of carbonyl (C=O) groups excluding carboxylic acids is 1. The van der Waals surface area contributed by atoms with Crippen LogP contribution >= 0.6 is 0 Å². The Morgan fingerprint density at radius 3 is 2.29 bits per heavy atom. The van der Waals surface area contributed by atoms with Crippen LogP contribution in [-0.2, 0) is 4.74 Å². The number of hydrogen-bond acceptors (Lipinski definition) is 2. The normalized spacial score (nSPS) is 10.8. The van der Waals surface area contributed by atoms with E-state index in [2.05, 4.69) is 0 Å². The minimum Gasteiger partial charge on any atom is -0.468 e. The predicted molar refractivity (Wildman–Crippen MR) is 58.1 cm³/mol. The van der Waals surface area contributed by atoms with Crippen molar-refractivity contribution < 1.29 is 9.53 Å². The van der Waals surface area contributed by atoms with Gasteiger partial charge in [0.25, 0.3) is 13.1 Å². The molecule has 0 spiro atoms. The molecule has 0 fully saturated rings. The first-order valence-corrected chi connectivity index (χ1v) is 4.60. The topological polar surface area (TPSA) is 26.3 Å². The van der Waals surface area contributed by atoms with Crippen LogP contribution in [-0.4, -0.2) is 18.7 Å². The van der Waals surface area contributed by atoms with Crippen molar-refractivity contribution in [2.75, 3.05) is 0 Å². The third-order valence-electron chi connectivity index (χ3n) is 1.49. The average molecular weight is 189 g/mol. The summed E-state index contributed by atoms with van der Waals surface area (Å²) in [7, 11) is 1.49. The standard InChI is InChI=1S/C11H14BO2/c1-11(2,3)14-10(13)12-9-7-5-4-6-8-9/h4-8H,1-3H3. The molecule has 14 heavy (non-hydrogen) atoms. The molecule has 0 aliphatic heterocycles. The molecule has 0 aliphatic rings. The van der Waals surface area contributed by atoms with Crippen LogP contribution in [0.1, 0.15) is 20.8 Å². The fourth-order valence-corrected chi connectivity index (χ4v) is 1.02. The van der Waals surface area contributed by atoms with E-state index in [9.17, 15) is 4.79 Å². The summed E-state index contributed by atoms with van der Waals surface area (Å²) in [5.74, 6) is -0.302. The maximum absolute atomic E-state index is 11.4. The molecule has 73 valence electrons. The second-order valence-electron chi connectivity index (χ2n) is 4.09. The van der Waals surface area contributed by atoms with Crippen molar-refractivity contribution in [3.05, 3.63) is 30.3 Å². The second-order valence-corrected chi connectivity index (χ2v) is 4.09. The van der Waals surface area contributed by atoms with E-state index in [0.29, 0.717) is 0 Å². The first-order chi connectivity index (χ1) is 6.47. The van der Waals surface area contributed by atoms with Crippen molar-refractivity contribution in [1.82, 2.24) is 0 Å². The van der Waals surface area contributed by atoms with Crippen LogP contribution in [0.2, 0.25) is 0 Å². The average Bonchev–Trinajstić information content (AvgIpc) is 2.02. The first kappa shape index (κ1) is 10.8. The van der Waals surface area contributed by atoms with Gasteiger partial charge in [-0.15, -0.1) is 0 Å². The van der Waals surface area contributed by atoms with Crippen LogP contribution < -0.4 is 5.46 Å². The van der Waals surface area contributed by atoms with E-state index in [1.807, 2.05) is 51.1 Å². The molecule has 1 radical (unpaired) electrons. The van der Waals surface area contributed by atoms with Crippen LogP contribution in [0.15, 0.2) is 30.3 Å². The highest BCUT2D eigenvalue weighted by Gasteiger charge is 2.17. The Morgan fingerprint density at radius 1 is 1.21 bits per heavy atom. The van der Waals surface area contributed by atoms with E-state index in [0.717, 1.165) is 5.46 Å². The summed E-state index contributed by atoms with van der Waals surface area (Å²) < 4.78 is 5.15. The van der Waals surface area contributed by atoms with E-state index in [-0.39, 0.29) is 5.87 Å². The molecule has 0 atom stereocenters. The van der Waals surface area contributed by atoms with Crippen LogP contribution in [0.25, 0.3) is 0 Å². The molecule has 0 amide bonds. The molecule has 0 aliphatic carbocycles. The van der Waals surface area contributed by atoms with Gasteiger partial charge in [-0.1, -0.05) is 35.8 Å². The molecule has 1 rings (SSSR count). The first-order valence-electron chi connectivity index (χ1n) is 4.60. The van der Waals surface area contributed by atoms with Gasteiger partial charge in [0.05, 0.1) is 0 Å². The maximum atomic E-state index is 11.4. The van der Waals surface area contributed by atoms with Gasteiger partial charge in [-0.25, -0.2) is 0 Å². The van der Waals surface area contributed by atoms with Gasteiger partial charge in [0.15, 0.2) is 0 Å². The van der Waals surface area contributed by atoms with Crippen molar-refractivity contribution in [2.45, 2.75) is 26.4 Å². The van der Waals surface area contributed by atoms with Gasteiger partial charge in [0.2, 0.25) is 0 Å². The van der Waals surface area contributed by atoms with Gasteiger partial charge in [0, 0.05) is 0 Å². The maximum Gasteiger partial charge on any atom is 0.299 e. The van der Waals surface area contributed by atoms with Crippen molar-refractivity contribution in [1.29, 1.82) is 0 Å². The highest BCUT2D eigenvalue weighted by atomic mass is 16.5. The summed E-state index contributed by atoms with van der Waals surface area (Å²) in [6.07, 6.45) is 0. The zero-order valence-electron chi connectivity index (χ0n) is 8.78. The zero-order valence-corrected chi connectivity index (χ0v) is 8.78. The molecule has 2 nitrogen and oxygen atoms in total.